The molecule has 3 N–H and O–H groups in total. The Labute approximate surface area is 237 Å². The fourth-order valence-corrected chi connectivity index (χ4v) is 8.00. The first-order valence-electron chi connectivity index (χ1n) is 12.1. The highest BCUT2D eigenvalue weighted by Gasteiger charge is 2.39. The number of ether oxygens (including phenoxy) is 1. The maximum atomic E-state index is 13.4. The van der Waals surface area contributed by atoms with Gasteiger partial charge in [0.25, 0.3) is 10.0 Å². The van der Waals surface area contributed by atoms with Gasteiger partial charge in [0, 0.05) is 23.3 Å². The molecule has 0 aliphatic carbocycles. The second-order valence-electron chi connectivity index (χ2n) is 8.96. The first-order chi connectivity index (χ1) is 19.3. The molecule has 4 aromatic rings. The molecular weight excluding hydrogens is 602 g/mol. The number of nitrogens with one attached hydrogen (secondary N) is 1. The molecule has 2 heterocycles. The van der Waals surface area contributed by atoms with Gasteiger partial charge in [-0.15, -0.1) is 11.3 Å². The summed E-state index contributed by atoms with van der Waals surface area (Å²) in [6.07, 6.45) is 0.597. The summed E-state index contributed by atoms with van der Waals surface area (Å²) in [5.41, 5.74) is -2.86. The Morgan fingerprint density at radius 1 is 1.07 bits per heavy atom. The highest BCUT2D eigenvalue weighted by molar-refractivity contribution is 7.92. The van der Waals surface area contributed by atoms with Crippen LogP contribution in [0.2, 0.25) is 0 Å². The average Bonchev–Trinajstić information content (AvgIpc) is 3.35. The van der Waals surface area contributed by atoms with E-state index in [9.17, 15) is 35.9 Å². The first kappa shape index (κ1) is 30.6. The van der Waals surface area contributed by atoms with E-state index in [1.165, 1.54) is 12.1 Å². The van der Waals surface area contributed by atoms with Crippen molar-refractivity contribution >= 4 is 39.0 Å². The number of benzene rings is 2. The Kier molecular flexibility index (Phi) is 9.18. The molecule has 0 aliphatic rings. The number of hydrogen-bond acceptors (Lipinski definition) is 6. The Morgan fingerprint density at radius 3 is 2.46 bits per heavy atom. The summed E-state index contributed by atoms with van der Waals surface area (Å²) in [7, 11) is -9.94. The van der Waals surface area contributed by atoms with Crippen molar-refractivity contribution in [3.8, 4) is 11.8 Å². The smallest absolute Gasteiger partial charge is 0.417 e. The number of fused-ring (bicyclic) bond motifs is 1. The molecule has 4 rings (SSSR count). The molecule has 0 bridgehead atoms. The highest BCUT2D eigenvalue weighted by Crippen LogP contribution is 2.51. The molecule has 0 saturated carbocycles. The van der Waals surface area contributed by atoms with E-state index in [2.05, 4.69) is 4.57 Å². The monoisotopic (exact) mass is 626 g/mol. The maximum absolute atomic E-state index is 13.4. The van der Waals surface area contributed by atoms with E-state index in [0.717, 1.165) is 42.9 Å². The van der Waals surface area contributed by atoms with Crippen molar-refractivity contribution in [1.82, 2.24) is 4.72 Å². The van der Waals surface area contributed by atoms with E-state index in [0.29, 0.717) is 28.5 Å². The molecule has 2 aromatic heterocycles. The molecule has 1 unspecified atom stereocenters. The molecule has 0 amide bonds. The molecule has 15 heteroatoms. The van der Waals surface area contributed by atoms with Gasteiger partial charge in [-0.3, -0.25) is 4.57 Å². The summed E-state index contributed by atoms with van der Waals surface area (Å²) in [5.74, 6) is -1.81. The zero-order valence-corrected chi connectivity index (χ0v) is 23.7. The van der Waals surface area contributed by atoms with E-state index in [1.807, 2.05) is 35.3 Å². The minimum atomic E-state index is -5.35. The number of rotatable bonds is 11. The zero-order valence-electron chi connectivity index (χ0n) is 21.2. The van der Waals surface area contributed by atoms with Crippen LogP contribution in [-0.4, -0.2) is 24.8 Å². The van der Waals surface area contributed by atoms with Crippen LogP contribution in [-0.2, 0) is 27.3 Å². The van der Waals surface area contributed by atoms with Gasteiger partial charge in [-0.05, 0) is 53.8 Å². The van der Waals surface area contributed by atoms with Crippen LogP contribution in [0.25, 0.3) is 10.1 Å². The molecule has 2 aromatic carbocycles. The number of hydrogen-bond donors (Lipinski definition) is 3. The third-order valence-corrected chi connectivity index (χ3v) is 10.2. The summed E-state index contributed by atoms with van der Waals surface area (Å²) in [5, 5.41) is 9.51. The molecule has 0 fully saturated rings. The second-order valence-corrected chi connectivity index (χ2v) is 13.7. The maximum Gasteiger partial charge on any atom is 0.417 e. The standard InChI is InChI=1S/C26H23F3N3O6PS2/c27-26(28,29)22-14-19(6-7-20(22)17-30)25(39(33,34)35)31-41(36,37)24-15-18-8-9-21(16-23(18)40-24)38-13-5-4-12-32-10-2-1-3-11-32/h1-3,6-11,14-16,25,31H,4-5,12-13H2,(H-,33,34,35)/p+1. The van der Waals surface area contributed by atoms with Crippen LogP contribution in [0.4, 0.5) is 13.2 Å². The molecule has 0 radical (unpaired) electrons. The van der Waals surface area contributed by atoms with Crippen molar-refractivity contribution in [3.05, 3.63) is 89.7 Å². The number of thiophene rings is 1. The number of unbranched alkanes of at least 4 members (excludes halogenated alkanes) is 1. The fraction of sp³-hybridized carbons (Fsp3) is 0.231. The van der Waals surface area contributed by atoms with E-state index < -0.39 is 46.3 Å². The van der Waals surface area contributed by atoms with E-state index >= 15 is 0 Å². The van der Waals surface area contributed by atoms with Crippen molar-refractivity contribution in [2.24, 2.45) is 0 Å². The Morgan fingerprint density at radius 2 is 1.80 bits per heavy atom. The Bertz CT molecular complexity index is 1730. The lowest BCUT2D eigenvalue weighted by Gasteiger charge is -2.21. The van der Waals surface area contributed by atoms with Crippen LogP contribution in [0.3, 0.4) is 0 Å². The summed E-state index contributed by atoms with van der Waals surface area (Å²) in [6, 6.07) is 15.4. The average molecular weight is 627 g/mol. The summed E-state index contributed by atoms with van der Waals surface area (Å²) in [4.78, 5) is 19.7. The third kappa shape index (κ3) is 7.71. The van der Waals surface area contributed by atoms with Crippen molar-refractivity contribution in [2.75, 3.05) is 6.61 Å². The molecule has 0 spiro atoms. The molecule has 0 aliphatic heterocycles. The van der Waals surface area contributed by atoms with E-state index in [4.69, 9.17) is 10.00 Å². The topological polar surface area (TPSA) is 141 Å². The fourth-order valence-electron chi connectivity index (χ4n) is 3.98. The number of nitriles is 1. The Balaban J connectivity index is 1.50. The molecular formula is C26H24F3N3O6PS2+. The number of sulfonamides is 1. The van der Waals surface area contributed by atoms with Gasteiger partial charge in [0.1, 0.15) is 22.3 Å². The van der Waals surface area contributed by atoms with Crippen LogP contribution in [0, 0.1) is 11.3 Å². The minimum Gasteiger partial charge on any atom is -0.494 e. The molecule has 216 valence electrons. The van der Waals surface area contributed by atoms with Gasteiger partial charge in [-0.25, -0.2) is 13.0 Å². The van der Waals surface area contributed by atoms with Gasteiger partial charge in [0.15, 0.2) is 12.4 Å². The van der Waals surface area contributed by atoms with Crippen LogP contribution >= 0.6 is 18.9 Å². The van der Waals surface area contributed by atoms with E-state index in [-0.39, 0.29) is 4.21 Å². The molecule has 0 saturated heterocycles. The number of pyridine rings is 1. The number of alkyl halides is 3. The first-order valence-corrected chi connectivity index (χ1v) is 16.1. The molecule has 41 heavy (non-hydrogen) atoms. The summed E-state index contributed by atoms with van der Waals surface area (Å²) < 4.78 is 88.7. The highest BCUT2D eigenvalue weighted by atomic mass is 32.2. The van der Waals surface area contributed by atoms with Crippen molar-refractivity contribution in [1.29, 1.82) is 5.26 Å². The van der Waals surface area contributed by atoms with Gasteiger partial charge >= 0.3 is 13.8 Å². The largest absolute Gasteiger partial charge is 0.494 e. The molecule has 9 nitrogen and oxygen atoms in total. The number of halogens is 3. The van der Waals surface area contributed by atoms with Crippen molar-refractivity contribution in [3.63, 3.8) is 0 Å². The van der Waals surface area contributed by atoms with Gasteiger partial charge < -0.3 is 14.5 Å². The van der Waals surface area contributed by atoms with Gasteiger partial charge in [0.05, 0.1) is 23.8 Å². The van der Waals surface area contributed by atoms with Gasteiger partial charge in [-0.1, -0.05) is 12.1 Å². The SMILES string of the molecule is N#Cc1ccc(C(NS(=O)(=O)c2cc3ccc(OCCCC[n+]4ccccc4)cc3s2)P(=O)(O)O)cc1C(F)(F)F. The van der Waals surface area contributed by atoms with E-state index in [1.54, 1.807) is 18.2 Å². The van der Waals surface area contributed by atoms with Crippen LogP contribution in [0.15, 0.2) is 77.3 Å². The summed E-state index contributed by atoms with van der Waals surface area (Å²) >= 11 is 0.811. The van der Waals surface area contributed by atoms with Crippen molar-refractivity contribution in [2.45, 2.75) is 35.6 Å². The number of nitrogens with zero attached hydrogens (tertiary/aromatic N) is 2. The van der Waals surface area contributed by atoms with Crippen molar-refractivity contribution < 1.29 is 45.2 Å². The minimum absolute atomic E-state index is 0.298. The zero-order chi connectivity index (χ0) is 29.8. The lowest BCUT2D eigenvalue weighted by Crippen LogP contribution is -2.32. The second kappa shape index (κ2) is 12.3. The number of aryl methyl sites for hydroxylation is 1. The van der Waals surface area contributed by atoms with Crippen LogP contribution < -0.4 is 14.0 Å². The summed E-state index contributed by atoms with van der Waals surface area (Å²) in [6.45, 7) is 1.27. The third-order valence-electron chi connectivity index (χ3n) is 5.98. The van der Waals surface area contributed by atoms with Gasteiger partial charge in [-0.2, -0.15) is 23.2 Å². The van der Waals surface area contributed by atoms with Crippen LogP contribution in [0.5, 0.6) is 5.75 Å². The number of aromatic nitrogens is 1. The predicted octanol–water partition coefficient (Wildman–Crippen LogP) is 5.09. The molecule has 1 atom stereocenters. The predicted molar refractivity (Wildman–Crippen MR) is 144 cm³/mol. The normalized spacial score (nSPS) is 13.2. The van der Waals surface area contributed by atoms with Gasteiger partial charge in [0.2, 0.25) is 0 Å². The Hall–Kier alpha value is -3.31. The quantitative estimate of drug-likeness (QED) is 0.120. The van der Waals surface area contributed by atoms with Crippen LogP contribution in [0.1, 0.15) is 35.3 Å². The lowest BCUT2D eigenvalue weighted by atomic mass is 10.0. The lowest BCUT2D eigenvalue weighted by molar-refractivity contribution is -0.697.